The van der Waals surface area contributed by atoms with Gasteiger partial charge in [-0.3, -0.25) is 9.59 Å². The first kappa shape index (κ1) is 18.0. The molecular weight excluding hydrogens is 324 g/mol. The largest absolute Gasteiger partial charge is 0.352 e. The van der Waals surface area contributed by atoms with Gasteiger partial charge in [0.1, 0.15) is 0 Å². The van der Waals surface area contributed by atoms with Crippen LogP contribution in [0.1, 0.15) is 29.3 Å². The number of hydrogen-bond acceptors (Lipinski definition) is 2. The molecule has 24 heavy (non-hydrogen) atoms. The lowest BCUT2D eigenvalue weighted by atomic mass is 10.1. The molecule has 126 valence electrons. The standard InChI is InChI=1S/C19H21ClN2O2/c1-14(10-11-15-6-3-2-4-7-15)22-18(23)13-21-19(24)16-8-5-9-17(20)12-16/h2-9,12,14H,10-11,13H2,1H3,(H,21,24)(H,22,23). The quantitative estimate of drug-likeness (QED) is 0.810. The maximum Gasteiger partial charge on any atom is 0.251 e. The van der Waals surface area contributed by atoms with Crippen molar-refractivity contribution in [2.75, 3.05) is 6.54 Å². The Bertz CT molecular complexity index is 689. The highest BCUT2D eigenvalue weighted by Crippen LogP contribution is 2.10. The summed E-state index contributed by atoms with van der Waals surface area (Å²) in [6, 6.07) is 16.8. The fraction of sp³-hybridized carbons (Fsp3) is 0.263. The van der Waals surface area contributed by atoms with Gasteiger partial charge >= 0.3 is 0 Å². The molecule has 0 aliphatic carbocycles. The summed E-state index contributed by atoms with van der Waals surface area (Å²) in [7, 11) is 0. The molecule has 0 aromatic heterocycles. The maximum atomic E-state index is 11.9. The first-order valence-electron chi connectivity index (χ1n) is 7.91. The molecule has 2 aromatic rings. The van der Waals surface area contributed by atoms with Gasteiger partial charge < -0.3 is 10.6 Å². The summed E-state index contributed by atoms with van der Waals surface area (Å²) in [5.74, 6) is -0.518. The highest BCUT2D eigenvalue weighted by molar-refractivity contribution is 6.30. The molecule has 0 bridgehead atoms. The van der Waals surface area contributed by atoms with Crippen molar-refractivity contribution in [1.82, 2.24) is 10.6 Å². The summed E-state index contributed by atoms with van der Waals surface area (Å²) < 4.78 is 0. The van der Waals surface area contributed by atoms with E-state index in [4.69, 9.17) is 11.6 Å². The van der Waals surface area contributed by atoms with Crippen molar-refractivity contribution >= 4 is 23.4 Å². The van der Waals surface area contributed by atoms with E-state index >= 15 is 0 Å². The van der Waals surface area contributed by atoms with Crippen molar-refractivity contribution < 1.29 is 9.59 Å². The van der Waals surface area contributed by atoms with Crippen molar-refractivity contribution in [3.05, 3.63) is 70.7 Å². The molecule has 0 radical (unpaired) electrons. The Hall–Kier alpha value is -2.33. The van der Waals surface area contributed by atoms with Crippen LogP contribution < -0.4 is 10.6 Å². The predicted octanol–water partition coefficient (Wildman–Crippen LogP) is 3.21. The van der Waals surface area contributed by atoms with Crippen LogP contribution in [0.25, 0.3) is 0 Å². The molecule has 0 spiro atoms. The minimum Gasteiger partial charge on any atom is -0.352 e. The van der Waals surface area contributed by atoms with Crippen molar-refractivity contribution in [3.8, 4) is 0 Å². The number of hydrogen-bond donors (Lipinski definition) is 2. The van der Waals surface area contributed by atoms with E-state index in [0.717, 1.165) is 12.8 Å². The van der Waals surface area contributed by atoms with Gasteiger partial charge in [0.2, 0.25) is 5.91 Å². The summed E-state index contributed by atoms with van der Waals surface area (Å²) in [5.41, 5.74) is 1.68. The van der Waals surface area contributed by atoms with Gasteiger partial charge in [0.25, 0.3) is 5.91 Å². The molecule has 2 aromatic carbocycles. The molecule has 1 atom stereocenters. The minimum atomic E-state index is -0.315. The van der Waals surface area contributed by atoms with E-state index in [1.807, 2.05) is 25.1 Å². The van der Waals surface area contributed by atoms with Gasteiger partial charge in [0.05, 0.1) is 6.54 Å². The summed E-state index contributed by atoms with van der Waals surface area (Å²) in [6.45, 7) is 1.90. The fourth-order valence-electron chi connectivity index (χ4n) is 2.32. The molecular formula is C19H21ClN2O2. The molecule has 2 amide bonds. The summed E-state index contributed by atoms with van der Waals surface area (Å²) in [4.78, 5) is 23.9. The van der Waals surface area contributed by atoms with Crippen molar-refractivity contribution in [2.24, 2.45) is 0 Å². The Morgan fingerprint density at radius 1 is 1.08 bits per heavy atom. The Kier molecular flexibility index (Phi) is 6.82. The van der Waals surface area contributed by atoms with Crippen LogP contribution in [0.4, 0.5) is 0 Å². The Morgan fingerprint density at radius 2 is 1.83 bits per heavy atom. The monoisotopic (exact) mass is 344 g/mol. The molecule has 5 heteroatoms. The maximum absolute atomic E-state index is 11.9. The zero-order valence-electron chi connectivity index (χ0n) is 13.6. The predicted molar refractivity (Wildman–Crippen MR) is 96.2 cm³/mol. The van der Waals surface area contributed by atoms with E-state index in [0.29, 0.717) is 10.6 Å². The number of nitrogens with one attached hydrogen (secondary N) is 2. The molecule has 1 unspecified atom stereocenters. The van der Waals surface area contributed by atoms with E-state index in [-0.39, 0.29) is 24.4 Å². The Morgan fingerprint density at radius 3 is 2.54 bits per heavy atom. The van der Waals surface area contributed by atoms with E-state index in [2.05, 4.69) is 22.8 Å². The van der Waals surface area contributed by atoms with Crippen LogP contribution in [0, 0.1) is 0 Å². The van der Waals surface area contributed by atoms with Crippen LogP contribution in [-0.2, 0) is 11.2 Å². The minimum absolute atomic E-state index is 0.0424. The molecule has 0 fully saturated rings. The average molecular weight is 345 g/mol. The third-order valence-corrected chi connectivity index (χ3v) is 3.85. The number of carbonyl (C=O) groups is 2. The van der Waals surface area contributed by atoms with Gasteiger partial charge in [0.15, 0.2) is 0 Å². The van der Waals surface area contributed by atoms with E-state index in [9.17, 15) is 9.59 Å². The van der Waals surface area contributed by atoms with Crippen LogP contribution in [0.3, 0.4) is 0 Å². The van der Waals surface area contributed by atoms with Gasteiger partial charge in [-0.2, -0.15) is 0 Å². The normalized spacial score (nSPS) is 11.6. The Labute approximate surface area is 147 Å². The van der Waals surface area contributed by atoms with Crippen LogP contribution in [-0.4, -0.2) is 24.4 Å². The number of rotatable bonds is 7. The zero-order chi connectivity index (χ0) is 17.4. The van der Waals surface area contributed by atoms with E-state index in [1.165, 1.54) is 5.56 Å². The van der Waals surface area contributed by atoms with Crippen molar-refractivity contribution in [3.63, 3.8) is 0 Å². The fourth-order valence-corrected chi connectivity index (χ4v) is 2.51. The molecule has 0 heterocycles. The first-order chi connectivity index (χ1) is 11.5. The molecule has 0 aliphatic heterocycles. The SMILES string of the molecule is CC(CCc1ccccc1)NC(=O)CNC(=O)c1cccc(Cl)c1. The topological polar surface area (TPSA) is 58.2 Å². The van der Waals surface area contributed by atoms with E-state index in [1.54, 1.807) is 24.3 Å². The summed E-state index contributed by atoms with van der Waals surface area (Å²) in [6.07, 6.45) is 1.75. The molecule has 0 saturated heterocycles. The van der Waals surface area contributed by atoms with Gasteiger partial charge in [0, 0.05) is 16.6 Å². The van der Waals surface area contributed by atoms with Crippen LogP contribution in [0.15, 0.2) is 54.6 Å². The van der Waals surface area contributed by atoms with Gasteiger partial charge in [-0.1, -0.05) is 48.0 Å². The number of amides is 2. The number of carbonyl (C=O) groups excluding carboxylic acids is 2. The number of benzene rings is 2. The second-order valence-corrected chi connectivity index (χ2v) is 6.12. The molecule has 4 nitrogen and oxygen atoms in total. The third-order valence-electron chi connectivity index (χ3n) is 3.61. The smallest absolute Gasteiger partial charge is 0.251 e. The number of halogens is 1. The van der Waals surface area contributed by atoms with Gasteiger partial charge in [-0.15, -0.1) is 0 Å². The highest BCUT2D eigenvalue weighted by atomic mass is 35.5. The van der Waals surface area contributed by atoms with E-state index < -0.39 is 0 Å². The van der Waals surface area contributed by atoms with Crippen molar-refractivity contribution in [2.45, 2.75) is 25.8 Å². The lowest BCUT2D eigenvalue weighted by Gasteiger charge is -2.14. The third kappa shape index (κ3) is 6.05. The summed E-state index contributed by atoms with van der Waals surface area (Å²) >= 11 is 5.85. The lowest BCUT2D eigenvalue weighted by molar-refractivity contribution is -0.120. The molecule has 2 N–H and O–H groups in total. The van der Waals surface area contributed by atoms with Crippen LogP contribution >= 0.6 is 11.6 Å². The van der Waals surface area contributed by atoms with Gasteiger partial charge in [-0.25, -0.2) is 0 Å². The second kappa shape index (κ2) is 9.08. The number of aryl methyl sites for hydroxylation is 1. The zero-order valence-corrected chi connectivity index (χ0v) is 14.3. The van der Waals surface area contributed by atoms with Crippen LogP contribution in [0.2, 0.25) is 5.02 Å². The summed E-state index contributed by atoms with van der Waals surface area (Å²) in [5, 5.41) is 5.97. The lowest BCUT2D eigenvalue weighted by Crippen LogP contribution is -2.41. The highest BCUT2D eigenvalue weighted by Gasteiger charge is 2.10. The van der Waals surface area contributed by atoms with Gasteiger partial charge in [-0.05, 0) is 43.5 Å². The Balaban J connectivity index is 1.71. The molecule has 0 aliphatic rings. The second-order valence-electron chi connectivity index (χ2n) is 5.69. The first-order valence-corrected chi connectivity index (χ1v) is 8.29. The molecule has 2 rings (SSSR count). The average Bonchev–Trinajstić information content (AvgIpc) is 2.59. The van der Waals surface area contributed by atoms with Crippen molar-refractivity contribution in [1.29, 1.82) is 0 Å². The molecule has 0 saturated carbocycles. The van der Waals surface area contributed by atoms with Crippen LogP contribution in [0.5, 0.6) is 0 Å².